The lowest BCUT2D eigenvalue weighted by atomic mass is 10.2. The summed E-state index contributed by atoms with van der Waals surface area (Å²) in [5, 5.41) is 6.69. The number of nitrogens with one attached hydrogen (secondary N) is 2. The fourth-order valence-electron chi connectivity index (χ4n) is 2.38. The van der Waals surface area contributed by atoms with Crippen LogP contribution < -0.4 is 15.4 Å². The Labute approximate surface area is 157 Å². The van der Waals surface area contributed by atoms with Gasteiger partial charge in [0.1, 0.15) is 11.6 Å². The van der Waals surface area contributed by atoms with E-state index in [4.69, 9.17) is 16.3 Å². The number of carbonyl (C=O) groups excluding carboxylic acids is 1. The van der Waals surface area contributed by atoms with Crippen molar-refractivity contribution in [3.05, 3.63) is 76.9 Å². The van der Waals surface area contributed by atoms with E-state index in [1.165, 1.54) is 0 Å². The highest BCUT2D eigenvalue weighted by Crippen LogP contribution is 2.24. The van der Waals surface area contributed by atoms with E-state index in [0.29, 0.717) is 22.2 Å². The number of rotatable bonds is 5. The van der Waals surface area contributed by atoms with Crippen LogP contribution in [0.3, 0.4) is 0 Å². The fourth-order valence-corrected chi connectivity index (χ4v) is 2.55. The predicted octanol–water partition coefficient (Wildman–Crippen LogP) is 5.05. The van der Waals surface area contributed by atoms with Crippen LogP contribution in [0, 0.1) is 6.92 Å². The Bertz CT molecular complexity index is 927. The number of aryl methyl sites for hydroxylation is 1. The molecule has 0 fully saturated rings. The number of ether oxygens (including phenoxy) is 1. The number of hydrogen-bond donors (Lipinski definition) is 2. The summed E-state index contributed by atoms with van der Waals surface area (Å²) in [6.45, 7) is 1.99. The van der Waals surface area contributed by atoms with Crippen LogP contribution in [0.4, 0.5) is 17.2 Å². The Balaban J connectivity index is 1.69. The van der Waals surface area contributed by atoms with Crippen molar-refractivity contribution in [3.8, 4) is 5.75 Å². The lowest BCUT2D eigenvalue weighted by molar-refractivity contribution is 0.102. The topological polar surface area (TPSA) is 63.2 Å². The van der Waals surface area contributed by atoms with Crippen molar-refractivity contribution in [1.82, 2.24) is 4.98 Å². The zero-order valence-corrected chi connectivity index (χ0v) is 15.2. The van der Waals surface area contributed by atoms with Crippen LogP contribution in [0.5, 0.6) is 5.75 Å². The third kappa shape index (κ3) is 4.32. The molecule has 1 amide bonds. The maximum atomic E-state index is 12.3. The van der Waals surface area contributed by atoms with Crippen LogP contribution in [0.15, 0.2) is 60.8 Å². The summed E-state index contributed by atoms with van der Waals surface area (Å²) < 4.78 is 5.13. The van der Waals surface area contributed by atoms with Crippen molar-refractivity contribution in [2.45, 2.75) is 6.92 Å². The van der Waals surface area contributed by atoms with Gasteiger partial charge in [0, 0.05) is 16.3 Å². The first kappa shape index (κ1) is 17.8. The highest BCUT2D eigenvalue weighted by Gasteiger charge is 2.08. The second-order valence-corrected chi connectivity index (χ2v) is 6.14. The van der Waals surface area contributed by atoms with Crippen LogP contribution in [0.25, 0.3) is 0 Å². The molecule has 26 heavy (non-hydrogen) atoms. The monoisotopic (exact) mass is 367 g/mol. The number of halogens is 1. The van der Waals surface area contributed by atoms with E-state index in [2.05, 4.69) is 15.6 Å². The van der Waals surface area contributed by atoms with Gasteiger partial charge in [0.2, 0.25) is 0 Å². The van der Waals surface area contributed by atoms with Crippen molar-refractivity contribution in [3.63, 3.8) is 0 Å². The van der Waals surface area contributed by atoms with Crippen LogP contribution in [0.2, 0.25) is 5.02 Å². The molecule has 6 heteroatoms. The number of anilines is 3. The molecular weight excluding hydrogens is 350 g/mol. The number of amides is 1. The first-order valence-electron chi connectivity index (χ1n) is 8.00. The Hall–Kier alpha value is -3.05. The number of aromatic nitrogens is 1. The molecule has 3 rings (SSSR count). The first-order valence-corrected chi connectivity index (χ1v) is 8.37. The normalized spacial score (nSPS) is 10.3. The van der Waals surface area contributed by atoms with E-state index < -0.39 is 0 Å². The van der Waals surface area contributed by atoms with Gasteiger partial charge in [-0.25, -0.2) is 4.98 Å². The van der Waals surface area contributed by atoms with Crippen LogP contribution in [0.1, 0.15) is 15.9 Å². The van der Waals surface area contributed by atoms with E-state index in [9.17, 15) is 4.79 Å². The molecule has 0 bridgehead atoms. The second kappa shape index (κ2) is 7.89. The number of pyridine rings is 1. The van der Waals surface area contributed by atoms with Gasteiger partial charge in [0.15, 0.2) is 0 Å². The van der Waals surface area contributed by atoms with Gasteiger partial charge in [0.05, 0.1) is 19.0 Å². The van der Waals surface area contributed by atoms with Gasteiger partial charge >= 0.3 is 0 Å². The van der Waals surface area contributed by atoms with Crippen molar-refractivity contribution >= 4 is 34.7 Å². The van der Waals surface area contributed by atoms with E-state index in [0.717, 1.165) is 16.9 Å². The van der Waals surface area contributed by atoms with Crippen molar-refractivity contribution in [2.75, 3.05) is 17.7 Å². The standard InChI is InChI=1S/C20H18ClN3O2/c1-13-6-7-15(21)11-18(13)23-16-8-9-19(22-12-16)24-20(25)14-4-3-5-17(10-14)26-2/h3-12,23H,1-2H3,(H,22,24,25). The molecule has 0 aliphatic carbocycles. The smallest absolute Gasteiger partial charge is 0.256 e. The molecule has 3 aromatic rings. The Morgan fingerprint density at radius 2 is 1.96 bits per heavy atom. The van der Waals surface area contributed by atoms with Crippen LogP contribution >= 0.6 is 11.6 Å². The molecule has 2 N–H and O–H groups in total. The summed E-state index contributed by atoms with van der Waals surface area (Å²) in [6, 6.07) is 16.2. The predicted molar refractivity (Wildman–Crippen MR) is 105 cm³/mol. The van der Waals surface area contributed by atoms with Crippen LogP contribution in [-0.2, 0) is 0 Å². The number of hydrogen-bond acceptors (Lipinski definition) is 4. The Kier molecular flexibility index (Phi) is 5.39. The molecule has 0 aliphatic heterocycles. The number of methoxy groups -OCH3 is 1. The molecule has 0 atom stereocenters. The average molecular weight is 368 g/mol. The molecule has 0 unspecified atom stereocenters. The highest BCUT2D eigenvalue weighted by atomic mass is 35.5. The lowest BCUT2D eigenvalue weighted by Gasteiger charge is -2.11. The molecule has 0 saturated carbocycles. The van der Waals surface area contributed by atoms with Gasteiger partial charge in [-0.15, -0.1) is 0 Å². The molecule has 0 aliphatic rings. The number of carbonyl (C=O) groups is 1. The third-order valence-corrected chi connectivity index (χ3v) is 4.05. The molecule has 0 spiro atoms. The SMILES string of the molecule is COc1cccc(C(=O)Nc2ccc(Nc3cc(Cl)ccc3C)cn2)c1. The minimum atomic E-state index is -0.247. The molecule has 0 saturated heterocycles. The maximum Gasteiger partial charge on any atom is 0.256 e. The van der Waals surface area contributed by atoms with E-state index in [1.807, 2.05) is 31.2 Å². The van der Waals surface area contributed by atoms with Crippen molar-refractivity contribution in [2.24, 2.45) is 0 Å². The lowest BCUT2D eigenvalue weighted by Crippen LogP contribution is -2.13. The number of nitrogens with zero attached hydrogens (tertiary/aromatic N) is 1. The van der Waals surface area contributed by atoms with Gasteiger partial charge in [-0.2, -0.15) is 0 Å². The summed E-state index contributed by atoms with van der Waals surface area (Å²) in [5.74, 6) is 0.844. The van der Waals surface area contributed by atoms with Crippen LogP contribution in [-0.4, -0.2) is 18.0 Å². The summed E-state index contributed by atoms with van der Waals surface area (Å²) >= 11 is 6.03. The third-order valence-electron chi connectivity index (χ3n) is 3.82. The summed E-state index contributed by atoms with van der Waals surface area (Å²) in [6.07, 6.45) is 1.65. The van der Waals surface area contributed by atoms with Gasteiger partial charge in [-0.05, 0) is 55.0 Å². The molecule has 132 valence electrons. The second-order valence-electron chi connectivity index (χ2n) is 5.70. The summed E-state index contributed by atoms with van der Waals surface area (Å²) in [7, 11) is 1.56. The van der Waals surface area contributed by atoms with E-state index >= 15 is 0 Å². The largest absolute Gasteiger partial charge is 0.497 e. The fraction of sp³-hybridized carbons (Fsp3) is 0.100. The summed E-state index contributed by atoms with van der Waals surface area (Å²) in [5.41, 5.74) is 3.29. The van der Waals surface area contributed by atoms with Crippen molar-refractivity contribution < 1.29 is 9.53 Å². The molecule has 1 heterocycles. The Morgan fingerprint density at radius 3 is 2.69 bits per heavy atom. The maximum absolute atomic E-state index is 12.3. The molecule has 2 aromatic carbocycles. The molecule has 5 nitrogen and oxygen atoms in total. The molecule has 1 aromatic heterocycles. The first-order chi connectivity index (χ1) is 12.5. The van der Waals surface area contributed by atoms with Gasteiger partial charge in [-0.1, -0.05) is 23.7 Å². The van der Waals surface area contributed by atoms with E-state index in [-0.39, 0.29) is 5.91 Å². The summed E-state index contributed by atoms with van der Waals surface area (Å²) in [4.78, 5) is 16.6. The van der Waals surface area contributed by atoms with Gasteiger partial charge < -0.3 is 15.4 Å². The molecular formula is C20H18ClN3O2. The van der Waals surface area contributed by atoms with Gasteiger partial charge in [0.25, 0.3) is 5.91 Å². The minimum absolute atomic E-state index is 0.247. The number of benzene rings is 2. The molecule has 0 radical (unpaired) electrons. The Morgan fingerprint density at radius 1 is 1.12 bits per heavy atom. The zero-order valence-electron chi connectivity index (χ0n) is 14.4. The van der Waals surface area contributed by atoms with Gasteiger partial charge in [-0.3, -0.25) is 4.79 Å². The van der Waals surface area contributed by atoms with E-state index in [1.54, 1.807) is 43.6 Å². The van der Waals surface area contributed by atoms with Crippen molar-refractivity contribution in [1.29, 1.82) is 0 Å². The minimum Gasteiger partial charge on any atom is -0.497 e. The highest BCUT2D eigenvalue weighted by molar-refractivity contribution is 6.30. The average Bonchev–Trinajstić information content (AvgIpc) is 2.66. The quantitative estimate of drug-likeness (QED) is 0.662. The zero-order chi connectivity index (χ0) is 18.5.